The van der Waals surface area contributed by atoms with Gasteiger partial charge in [0.1, 0.15) is 0 Å². The lowest BCUT2D eigenvalue weighted by Crippen LogP contribution is -2.17. The van der Waals surface area contributed by atoms with Crippen LogP contribution in [0.15, 0.2) is 44.4 Å². The van der Waals surface area contributed by atoms with E-state index in [-0.39, 0.29) is 12.7 Å². The van der Waals surface area contributed by atoms with Crippen LogP contribution in [0.25, 0.3) is 0 Å². The summed E-state index contributed by atoms with van der Waals surface area (Å²) in [6.45, 7) is 2.17. The lowest BCUT2D eigenvalue weighted by molar-refractivity contribution is 0.0954. The molecule has 0 unspecified atom stereocenters. The molecule has 1 N–H and O–H groups in total. The van der Waals surface area contributed by atoms with Crippen molar-refractivity contribution in [3.8, 4) is 11.5 Å². The van der Waals surface area contributed by atoms with Crippen LogP contribution < -0.4 is 14.9 Å². The highest BCUT2D eigenvalue weighted by Crippen LogP contribution is 2.32. The van der Waals surface area contributed by atoms with Crippen molar-refractivity contribution in [2.24, 2.45) is 5.10 Å². The molecule has 1 aliphatic heterocycles. The maximum absolute atomic E-state index is 12.1. The van der Waals surface area contributed by atoms with E-state index in [4.69, 9.17) is 9.47 Å². The maximum atomic E-state index is 12.1. The number of hydrogen-bond acceptors (Lipinski definition) is 4. The largest absolute Gasteiger partial charge is 0.454 e. The molecule has 0 saturated carbocycles. The van der Waals surface area contributed by atoms with E-state index in [0.717, 1.165) is 20.1 Å². The van der Waals surface area contributed by atoms with E-state index >= 15 is 0 Å². The number of hydrazone groups is 1. The van der Waals surface area contributed by atoms with Crippen LogP contribution in [-0.2, 0) is 0 Å². The number of carbonyl (C=O) groups excluding carboxylic acids is 1. The Hall–Kier alpha value is -1.86. The molecule has 118 valence electrons. The molecule has 0 radical (unpaired) electrons. The van der Waals surface area contributed by atoms with Gasteiger partial charge in [0, 0.05) is 14.5 Å². The lowest BCUT2D eigenvalue weighted by atomic mass is 10.2. The van der Waals surface area contributed by atoms with Crippen molar-refractivity contribution in [2.75, 3.05) is 6.79 Å². The molecular formula is C16H12Br2N2O3. The van der Waals surface area contributed by atoms with Crippen LogP contribution in [0.2, 0.25) is 0 Å². The van der Waals surface area contributed by atoms with Crippen LogP contribution >= 0.6 is 31.9 Å². The molecule has 1 heterocycles. The van der Waals surface area contributed by atoms with E-state index in [2.05, 4.69) is 42.4 Å². The molecular weight excluding hydrogens is 428 g/mol. The minimum atomic E-state index is -0.315. The Morgan fingerprint density at radius 3 is 2.61 bits per heavy atom. The highest BCUT2D eigenvalue weighted by atomic mass is 79.9. The fourth-order valence-corrected chi connectivity index (χ4v) is 3.23. The van der Waals surface area contributed by atoms with Gasteiger partial charge in [-0.3, -0.25) is 4.79 Å². The van der Waals surface area contributed by atoms with Gasteiger partial charge >= 0.3 is 0 Å². The average molecular weight is 440 g/mol. The number of ether oxygens (including phenoxy) is 2. The quantitative estimate of drug-likeness (QED) is 0.580. The number of rotatable bonds is 3. The second-order valence-electron chi connectivity index (χ2n) is 4.88. The van der Waals surface area contributed by atoms with Gasteiger partial charge in [0.25, 0.3) is 5.91 Å². The van der Waals surface area contributed by atoms with Crippen LogP contribution in [0.3, 0.4) is 0 Å². The first-order valence-corrected chi connectivity index (χ1v) is 8.32. The van der Waals surface area contributed by atoms with E-state index in [1.165, 1.54) is 0 Å². The van der Waals surface area contributed by atoms with Crippen molar-refractivity contribution in [3.05, 3.63) is 56.0 Å². The normalized spacial score (nSPS) is 12.7. The van der Waals surface area contributed by atoms with E-state index in [1.807, 2.05) is 19.1 Å². The summed E-state index contributed by atoms with van der Waals surface area (Å²) in [6, 6.07) is 8.85. The van der Waals surface area contributed by atoms with Gasteiger partial charge in [0.2, 0.25) is 6.79 Å². The fourth-order valence-electron chi connectivity index (χ4n) is 2.01. The van der Waals surface area contributed by atoms with Gasteiger partial charge in [0.05, 0.1) is 6.21 Å². The van der Waals surface area contributed by atoms with Crippen molar-refractivity contribution in [3.63, 3.8) is 0 Å². The molecule has 2 aromatic rings. The van der Waals surface area contributed by atoms with Crippen molar-refractivity contribution in [2.45, 2.75) is 6.92 Å². The molecule has 1 aliphatic rings. The Bertz CT molecular complexity index is 783. The molecule has 0 fully saturated rings. The van der Waals surface area contributed by atoms with Crippen molar-refractivity contribution in [1.82, 2.24) is 5.43 Å². The van der Waals surface area contributed by atoms with E-state index in [9.17, 15) is 4.79 Å². The molecule has 0 atom stereocenters. The molecule has 0 aliphatic carbocycles. The second kappa shape index (κ2) is 6.72. The third kappa shape index (κ3) is 3.56. The van der Waals surface area contributed by atoms with Gasteiger partial charge in [-0.15, -0.1) is 0 Å². The van der Waals surface area contributed by atoms with Crippen molar-refractivity contribution < 1.29 is 14.3 Å². The number of nitrogens with one attached hydrogen (secondary N) is 1. The zero-order chi connectivity index (χ0) is 16.4. The van der Waals surface area contributed by atoms with E-state index in [0.29, 0.717) is 17.1 Å². The summed E-state index contributed by atoms with van der Waals surface area (Å²) >= 11 is 6.96. The topological polar surface area (TPSA) is 59.9 Å². The SMILES string of the molecule is Cc1c(Br)cc(/C=N\NC(=O)c2ccc3c(c2)OCO3)cc1Br. The Morgan fingerprint density at radius 1 is 1.17 bits per heavy atom. The number of carbonyl (C=O) groups is 1. The summed E-state index contributed by atoms with van der Waals surface area (Å²) in [5.74, 6) is 0.886. The second-order valence-corrected chi connectivity index (χ2v) is 6.59. The Morgan fingerprint density at radius 2 is 1.87 bits per heavy atom. The molecule has 7 heteroatoms. The Kier molecular flexibility index (Phi) is 4.68. The maximum Gasteiger partial charge on any atom is 0.271 e. The fraction of sp³-hybridized carbons (Fsp3) is 0.125. The first-order chi connectivity index (χ1) is 11.0. The molecule has 0 bridgehead atoms. The zero-order valence-electron chi connectivity index (χ0n) is 12.1. The van der Waals surface area contributed by atoms with E-state index < -0.39 is 0 Å². The van der Waals surface area contributed by atoms with Gasteiger partial charge in [0.15, 0.2) is 11.5 Å². The van der Waals surface area contributed by atoms with Crippen molar-refractivity contribution >= 4 is 44.0 Å². The van der Waals surface area contributed by atoms with Crippen LogP contribution in [-0.4, -0.2) is 18.9 Å². The number of nitrogens with zero attached hydrogens (tertiary/aromatic N) is 1. The number of amides is 1. The minimum absolute atomic E-state index is 0.176. The van der Waals surface area contributed by atoms with Gasteiger partial charge in [-0.05, 0) is 48.4 Å². The molecule has 0 saturated heterocycles. The number of fused-ring (bicyclic) bond motifs is 1. The highest BCUT2D eigenvalue weighted by Gasteiger charge is 2.15. The standard InChI is InChI=1S/C16H12Br2N2O3/c1-9-12(17)4-10(5-13(9)18)7-19-20-16(21)11-2-3-14-15(6-11)23-8-22-14/h2-7H,8H2,1H3,(H,20,21)/b19-7-. The lowest BCUT2D eigenvalue weighted by Gasteiger charge is -2.04. The summed E-state index contributed by atoms with van der Waals surface area (Å²) in [5, 5.41) is 3.99. The summed E-state index contributed by atoms with van der Waals surface area (Å²) in [4.78, 5) is 12.1. The smallest absolute Gasteiger partial charge is 0.271 e. The van der Waals surface area contributed by atoms with Gasteiger partial charge in [-0.1, -0.05) is 31.9 Å². The molecule has 3 rings (SSSR count). The van der Waals surface area contributed by atoms with Crippen LogP contribution in [0.1, 0.15) is 21.5 Å². The third-order valence-corrected chi connectivity index (χ3v) is 4.97. The molecule has 0 aromatic heterocycles. The summed E-state index contributed by atoms with van der Waals surface area (Å²) < 4.78 is 12.4. The molecule has 5 nitrogen and oxygen atoms in total. The number of benzene rings is 2. The summed E-state index contributed by atoms with van der Waals surface area (Å²) in [7, 11) is 0. The summed E-state index contributed by atoms with van der Waals surface area (Å²) in [5.41, 5.74) is 4.92. The molecule has 1 amide bonds. The molecule has 0 spiro atoms. The third-order valence-electron chi connectivity index (χ3n) is 3.32. The van der Waals surface area contributed by atoms with Gasteiger partial charge in [-0.25, -0.2) is 5.43 Å². The molecule has 2 aromatic carbocycles. The van der Waals surface area contributed by atoms with Crippen LogP contribution in [0, 0.1) is 6.92 Å². The first-order valence-electron chi connectivity index (χ1n) is 6.73. The Balaban J connectivity index is 1.69. The summed E-state index contributed by atoms with van der Waals surface area (Å²) in [6.07, 6.45) is 1.58. The highest BCUT2D eigenvalue weighted by molar-refractivity contribution is 9.11. The number of hydrogen-bond donors (Lipinski definition) is 1. The predicted molar refractivity (Wildman–Crippen MR) is 94.2 cm³/mol. The zero-order valence-corrected chi connectivity index (χ0v) is 15.3. The van der Waals surface area contributed by atoms with Crippen LogP contribution in [0.5, 0.6) is 11.5 Å². The van der Waals surface area contributed by atoms with Crippen molar-refractivity contribution in [1.29, 1.82) is 0 Å². The average Bonchev–Trinajstić information content (AvgIpc) is 2.99. The van der Waals surface area contributed by atoms with Crippen LogP contribution in [0.4, 0.5) is 0 Å². The molecule has 23 heavy (non-hydrogen) atoms. The van der Waals surface area contributed by atoms with E-state index in [1.54, 1.807) is 24.4 Å². The van der Waals surface area contributed by atoms with Gasteiger partial charge < -0.3 is 9.47 Å². The van der Waals surface area contributed by atoms with Gasteiger partial charge in [-0.2, -0.15) is 5.10 Å². The first kappa shape index (κ1) is 16.0. The number of halogens is 2. The Labute approximate surface area is 149 Å². The minimum Gasteiger partial charge on any atom is -0.454 e. The predicted octanol–water partition coefficient (Wildman–Crippen LogP) is 4.01. The monoisotopic (exact) mass is 438 g/mol.